The number of fused-ring (bicyclic) bond motifs is 4. The second kappa shape index (κ2) is 7.33. The first-order valence-electron chi connectivity index (χ1n) is 10.6. The van der Waals surface area contributed by atoms with Crippen LogP contribution in [0.4, 0.5) is 0 Å². The van der Waals surface area contributed by atoms with E-state index in [1.54, 1.807) is 22.7 Å². The predicted molar refractivity (Wildman–Crippen MR) is 138 cm³/mol. The van der Waals surface area contributed by atoms with Crippen molar-refractivity contribution in [2.75, 3.05) is 0 Å². The van der Waals surface area contributed by atoms with Gasteiger partial charge in [-0.15, -0.1) is 22.7 Å². The Hall–Kier alpha value is -3.87. The van der Waals surface area contributed by atoms with Crippen LogP contribution in [0.15, 0.2) is 95.8 Å². The molecule has 0 spiro atoms. The van der Waals surface area contributed by atoms with Gasteiger partial charge in [0.05, 0.1) is 22.4 Å². The maximum atomic E-state index is 5.11. The highest BCUT2D eigenvalue weighted by molar-refractivity contribution is 7.36. The van der Waals surface area contributed by atoms with E-state index in [0.29, 0.717) is 0 Å². The van der Waals surface area contributed by atoms with Crippen molar-refractivity contribution >= 4 is 54.1 Å². The fourth-order valence-corrected chi connectivity index (χ4v) is 6.14. The second-order valence-electron chi connectivity index (χ2n) is 7.81. The maximum absolute atomic E-state index is 5.11. The molecule has 0 atom stereocenters. The van der Waals surface area contributed by atoms with Crippen LogP contribution in [0.1, 0.15) is 0 Å². The van der Waals surface area contributed by atoms with Crippen LogP contribution >= 0.6 is 22.7 Å². The van der Waals surface area contributed by atoms with Gasteiger partial charge in [-0.1, -0.05) is 54.6 Å². The third kappa shape index (κ3) is 2.92. The molecule has 6 heteroatoms. The largest absolute Gasteiger partial charge is 0.278 e. The van der Waals surface area contributed by atoms with Crippen LogP contribution in [0.5, 0.6) is 0 Å². The number of rotatable bonds is 3. The Morgan fingerprint density at radius 3 is 2.48 bits per heavy atom. The monoisotopic (exact) mass is 460 g/mol. The molecule has 5 aromatic heterocycles. The summed E-state index contributed by atoms with van der Waals surface area (Å²) >= 11 is 3.39. The van der Waals surface area contributed by atoms with Crippen LogP contribution in [0.2, 0.25) is 0 Å². The lowest BCUT2D eigenvalue weighted by Crippen LogP contribution is -2.00. The SMILES string of the molecule is c1ccc(-c2ccc3c4ccccc4n(-c4cccc(-c5csc6scnc56)n4)c3n2)cc1. The molecule has 0 aliphatic rings. The lowest BCUT2D eigenvalue weighted by Gasteiger charge is -2.09. The van der Waals surface area contributed by atoms with E-state index in [-0.39, 0.29) is 0 Å². The van der Waals surface area contributed by atoms with Crippen LogP contribution < -0.4 is 0 Å². The third-order valence-corrected chi connectivity index (χ3v) is 7.86. The van der Waals surface area contributed by atoms with Crippen LogP contribution in [0.25, 0.3) is 59.8 Å². The molecule has 7 aromatic rings. The Kier molecular flexibility index (Phi) is 4.15. The minimum Gasteiger partial charge on any atom is -0.278 e. The molecular weight excluding hydrogens is 444 g/mol. The molecule has 0 radical (unpaired) electrons. The van der Waals surface area contributed by atoms with Crippen molar-refractivity contribution in [3.63, 3.8) is 0 Å². The zero-order chi connectivity index (χ0) is 21.8. The number of hydrogen-bond donors (Lipinski definition) is 0. The smallest absolute Gasteiger partial charge is 0.147 e. The number of nitrogens with zero attached hydrogens (tertiary/aromatic N) is 4. The summed E-state index contributed by atoms with van der Waals surface area (Å²) < 4.78 is 3.40. The predicted octanol–water partition coefficient (Wildman–Crippen LogP) is 7.58. The van der Waals surface area contributed by atoms with Gasteiger partial charge in [0.1, 0.15) is 21.0 Å². The van der Waals surface area contributed by atoms with E-state index in [4.69, 9.17) is 9.97 Å². The van der Waals surface area contributed by atoms with Gasteiger partial charge in [0.25, 0.3) is 0 Å². The van der Waals surface area contributed by atoms with Crippen LogP contribution in [-0.4, -0.2) is 19.5 Å². The van der Waals surface area contributed by atoms with Gasteiger partial charge in [0.15, 0.2) is 0 Å². The summed E-state index contributed by atoms with van der Waals surface area (Å²) in [5, 5.41) is 4.44. The molecule has 7 rings (SSSR count). The fourth-order valence-electron chi connectivity index (χ4n) is 4.39. The number of thiophene rings is 1. The molecule has 0 bridgehead atoms. The number of hydrogen-bond acceptors (Lipinski definition) is 5. The van der Waals surface area contributed by atoms with Crippen molar-refractivity contribution in [2.45, 2.75) is 0 Å². The summed E-state index contributed by atoms with van der Waals surface area (Å²) in [6, 6.07) is 29.2. The van der Waals surface area contributed by atoms with Gasteiger partial charge in [-0.3, -0.25) is 4.57 Å². The summed E-state index contributed by atoms with van der Waals surface area (Å²) in [5.74, 6) is 0.853. The molecule has 0 aliphatic heterocycles. The highest BCUT2D eigenvalue weighted by Gasteiger charge is 2.17. The number of benzene rings is 2. The normalized spacial score (nSPS) is 11.6. The van der Waals surface area contributed by atoms with Crippen LogP contribution in [0.3, 0.4) is 0 Å². The highest BCUT2D eigenvalue weighted by Crippen LogP contribution is 2.36. The van der Waals surface area contributed by atoms with E-state index < -0.39 is 0 Å². The summed E-state index contributed by atoms with van der Waals surface area (Å²) in [5.41, 5.74) is 8.99. The number of aromatic nitrogens is 4. The molecule has 156 valence electrons. The highest BCUT2D eigenvalue weighted by atomic mass is 32.2. The van der Waals surface area contributed by atoms with Crippen LogP contribution in [-0.2, 0) is 0 Å². The van der Waals surface area contributed by atoms with E-state index in [1.807, 2.05) is 23.7 Å². The topological polar surface area (TPSA) is 43.6 Å². The summed E-state index contributed by atoms with van der Waals surface area (Å²) in [7, 11) is 0. The summed E-state index contributed by atoms with van der Waals surface area (Å²) in [6.07, 6.45) is 0. The first kappa shape index (κ1) is 18.7. The minimum absolute atomic E-state index is 0.853. The standard InChI is InChI=1S/C27H16N4S2/c1-2-7-17(8-3-1)21-14-13-19-18-9-4-5-11-23(18)31(26(19)30-21)24-12-6-10-22(29-24)20-15-32-27-25(20)28-16-33-27/h1-16H. The van der Waals surface area contributed by atoms with Gasteiger partial charge >= 0.3 is 0 Å². The molecule has 4 nitrogen and oxygen atoms in total. The van der Waals surface area contributed by atoms with Crippen LogP contribution in [0, 0.1) is 0 Å². The zero-order valence-corrected chi connectivity index (χ0v) is 19.0. The van der Waals surface area contributed by atoms with E-state index in [0.717, 1.165) is 50.4 Å². The van der Waals surface area contributed by atoms with Gasteiger partial charge in [0, 0.05) is 27.3 Å². The van der Waals surface area contributed by atoms with Crippen molar-refractivity contribution in [1.29, 1.82) is 0 Å². The van der Waals surface area contributed by atoms with Crippen molar-refractivity contribution in [1.82, 2.24) is 19.5 Å². The molecule has 0 aliphatic carbocycles. The lowest BCUT2D eigenvalue weighted by molar-refractivity contribution is 1.06. The average Bonchev–Trinajstić information content (AvgIpc) is 3.57. The molecule has 0 saturated heterocycles. The first-order valence-corrected chi connectivity index (χ1v) is 12.4. The molecule has 2 aromatic carbocycles. The third-order valence-electron chi connectivity index (χ3n) is 5.90. The molecule has 0 fully saturated rings. The van der Waals surface area contributed by atoms with Gasteiger partial charge in [-0.05, 0) is 30.3 Å². The number of pyridine rings is 2. The average molecular weight is 461 g/mol. The molecule has 0 N–H and O–H groups in total. The molecule has 5 heterocycles. The Balaban J connectivity index is 1.50. The minimum atomic E-state index is 0.853. The summed E-state index contributed by atoms with van der Waals surface area (Å²) in [6.45, 7) is 0. The van der Waals surface area contributed by atoms with Gasteiger partial charge in [-0.2, -0.15) is 0 Å². The Bertz CT molecular complexity index is 1780. The Morgan fingerprint density at radius 2 is 1.55 bits per heavy atom. The second-order valence-corrected chi connectivity index (χ2v) is 9.80. The molecular formula is C27H16N4S2. The Labute approximate surface area is 197 Å². The molecule has 33 heavy (non-hydrogen) atoms. The molecule has 0 saturated carbocycles. The van der Waals surface area contributed by atoms with Crippen molar-refractivity contribution in [3.05, 3.63) is 95.8 Å². The first-order chi connectivity index (χ1) is 16.4. The van der Waals surface area contributed by atoms with E-state index in [9.17, 15) is 0 Å². The van der Waals surface area contributed by atoms with Gasteiger partial charge < -0.3 is 0 Å². The molecule has 0 unspecified atom stereocenters. The number of para-hydroxylation sites is 1. The number of thiazole rings is 1. The van der Waals surface area contributed by atoms with Gasteiger partial charge in [0.2, 0.25) is 0 Å². The fraction of sp³-hybridized carbons (Fsp3) is 0. The van der Waals surface area contributed by atoms with Crippen molar-refractivity contribution in [2.24, 2.45) is 0 Å². The zero-order valence-electron chi connectivity index (χ0n) is 17.3. The summed E-state index contributed by atoms with van der Waals surface area (Å²) in [4.78, 5) is 14.8. The Morgan fingerprint density at radius 1 is 0.667 bits per heavy atom. The lowest BCUT2D eigenvalue weighted by atomic mass is 10.1. The quantitative estimate of drug-likeness (QED) is 0.273. The van der Waals surface area contributed by atoms with Gasteiger partial charge in [-0.25, -0.2) is 15.0 Å². The van der Waals surface area contributed by atoms with E-state index >= 15 is 0 Å². The molecule has 0 amide bonds. The maximum Gasteiger partial charge on any atom is 0.147 e. The van der Waals surface area contributed by atoms with Crippen molar-refractivity contribution in [3.8, 4) is 28.3 Å². The van der Waals surface area contributed by atoms with E-state index in [1.165, 1.54) is 9.40 Å². The van der Waals surface area contributed by atoms with E-state index in [2.05, 4.69) is 81.7 Å². The van der Waals surface area contributed by atoms with Crippen molar-refractivity contribution < 1.29 is 0 Å².